The van der Waals surface area contributed by atoms with Crippen molar-refractivity contribution in [2.45, 2.75) is 50.8 Å². The van der Waals surface area contributed by atoms with Crippen LogP contribution < -0.4 is 0 Å². The van der Waals surface area contributed by atoms with Gasteiger partial charge in [0, 0.05) is 37.6 Å². The zero-order chi connectivity index (χ0) is 19.3. The van der Waals surface area contributed by atoms with Gasteiger partial charge in [-0.2, -0.15) is 0 Å². The van der Waals surface area contributed by atoms with Gasteiger partial charge >= 0.3 is 0 Å². The molecule has 28 heavy (non-hydrogen) atoms. The highest BCUT2D eigenvalue weighted by Crippen LogP contribution is 2.24. The van der Waals surface area contributed by atoms with Gasteiger partial charge in [-0.3, -0.25) is 9.69 Å². The summed E-state index contributed by atoms with van der Waals surface area (Å²) in [6.07, 6.45) is 10.1. The molecule has 6 nitrogen and oxygen atoms in total. The number of rotatable bonds is 4. The number of amides is 1. The molecule has 1 amide bonds. The second-order valence-corrected chi connectivity index (χ2v) is 8.05. The Bertz CT molecular complexity index is 753. The molecule has 2 fully saturated rings. The van der Waals surface area contributed by atoms with Gasteiger partial charge in [0.1, 0.15) is 0 Å². The van der Waals surface area contributed by atoms with E-state index >= 15 is 0 Å². The van der Waals surface area contributed by atoms with Crippen molar-refractivity contribution in [2.24, 2.45) is 0 Å². The molecule has 0 bridgehead atoms. The smallest absolute Gasteiger partial charge is 0.253 e. The molecule has 1 aromatic carbocycles. The zero-order valence-corrected chi connectivity index (χ0v) is 16.4. The second-order valence-electron chi connectivity index (χ2n) is 8.05. The van der Waals surface area contributed by atoms with Crippen LogP contribution in [-0.2, 0) is 6.54 Å². The third-order valence-electron chi connectivity index (χ3n) is 6.08. The molecule has 6 heteroatoms. The molecule has 1 N–H and O–H groups in total. The number of hydrogen-bond donors (Lipinski definition) is 1. The van der Waals surface area contributed by atoms with E-state index in [0.29, 0.717) is 19.5 Å². The van der Waals surface area contributed by atoms with Crippen LogP contribution >= 0.6 is 0 Å². The number of carbonyl (C=O) groups is 1. The summed E-state index contributed by atoms with van der Waals surface area (Å²) in [5, 5.41) is 10.5. The van der Waals surface area contributed by atoms with Crippen LogP contribution in [0.5, 0.6) is 0 Å². The number of aliphatic hydroxyl groups excluding tert-OH is 1. The Labute approximate surface area is 166 Å². The fourth-order valence-electron chi connectivity index (χ4n) is 4.40. The van der Waals surface area contributed by atoms with Crippen molar-refractivity contribution in [3.05, 3.63) is 54.1 Å². The molecule has 2 atom stereocenters. The van der Waals surface area contributed by atoms with Crippen molar-refractivity contribution in [1.82, 2.24) is 19.4 Å². The van der Waals surface area contributed by atoms with Crippen molar-refractivity contribution < 1.29 is 9.90 Å². The van der Waals surface area contributed by atoms with Gasteiger partial charge in [-0.15, -0.1) is 0 Å². The lowest BCUT2D eigenvalue weighted by molar-refractivity contribution is 0.0751. The van der Waals surface area contributed by atoms with Gasteiger partial charge in [0.05, 0.1) is 18.5 Å². The van der Waals surface area contributed by atoms with E-state index in [1.165, 1.54) is 37.9 Å². The van der Waals surface area contributed by atoms with E-state index in [2.05, 4.69) is 22.0 Å². The summed E-state index contributed by atoms with van der Waals surface area (Å²) < 4.78 is 1.95. The zero-order valence-electron chi connectivity index (χ0n) is 16.4. The van der Waals surface area contributed by atoms with Crippen LogP contribution in [-0.4, -0.2) is 62.6 Å². The number of likely N-dealkylation sites (tertiary alicyclic amines) is 2. The Morgan fingerprint density at radius 1 is 1.04 bits per heavy atom. The molecule has 1 aromatic heterocycles. The first-order chi connectivity index (χ1) is 13.7. The monoisotopic (exact) mass is 382 g/mol. The van der Waals surface area contributed by atoms with Gasteiger partial charge in [0.25, 0.3) is 5.91 Å². The molecular weight excluding hydrogens is 352 g/mol. The molecule has 2 saturated heterocycles. The molecule has 0 radical (unpaired) electrons. The summed E-state index contributed by atoms with van der Waals surface area (Å²) in [5.41, 5.74) is 2.00. The van der Waals surface area contributed by atoms with Crippen molar-refractivity contribution in [3.8, 4) is 0 Å². The Balaban J connectivity index is 1.37. The number of benzene rings is 1. The summed E-state index contributed by atoms with van der Waals surface area (Å²) in [4.78, 5) is 21.4. The Hall–Kier alpha value is -2.18. The quantitative estimate of drug-likeness (QED) is 0.883. The number of nitrogens with zero attached hydrogens (tertiary/aromatic N) is 4. The lowest BCUT2D eigenvalue weighted by Gasteiger charge is -2.26. The fraction of sp³-hybridized carbons (Fsp3) is 0.545. The highest BCUT2D eigenvalue weighted by Gasteiger charge is 2.28. The lowest BCUT2D eigenvalue weighted by Crippen LogP contribution is -2.32. The molecule has 150 valence electrons. The normalized spacial score (nSPS) is 24.1. The van der Waals surface area contributed by atoms with E-state index in [9.17, 15) is 9.90 Å². The molecule has 0 spiro atoms. The maximum atomic E-state index is 13.0. The summed E-state index contributed by atoms with van der Waals surface area (Å²) in [7, 11) is 0. The highest BCUT2D eigenvalue weighted by molar-refractivity contribution is 5.94. The van der Waals surface area contributed by atoms with Gasteiger partial charge in [-0.05, 0) is 56.5 Å². The lowest BCUT2D eigenvalue weighted by atomic mass is 10.1. The van der Waals surface area contributed by atoms with Gasteiger partial charge in [-0.25, -0.2) is 4.98 Å². The van der Waals surface area contributed by atoms with E-state index < -0.39 is 6.10 Å². The molecule has 3 heterocycles. The maximum Gasteiger partial charge on any atom is 0.253 e. The minimum absolute atomic E-state index is 0.0211. The number of carbonyl (C=O) groups excluding carboxylic acids is 1. The van der Waals surface area contributed by atoms with E-state index in [-0.39, 0.29) is 11.9 Å². The summed E-state index contributed by atoms with van der Waals surface area (Å²) in [5.74, 6) is 0.0583. The van der Waals surface area contributed by atoms with Crippen molar-refractivity contribution >= 4 is 5.91 Å². The average Bonchev–Trinajstić information content (AvgIpc) is 3.19. The molecule has 2 aliphatic rings. The van der Waals surface area contributed by atoms with Crippen LogP contribution in [0.15, 0.2) is 43.0 Å². The summed E-state index contributed by atoms with van der Waals surface area (Å²) >= 11 is 0. The predicted octanol–water partition coefficient (Wildman–Crippen LogP) is 2.71. The van der Waals surface area contributed by atoms with Gasteiger partial charge in [-0.1, -0.05) is 18.6 Å². The van der Waals surface area contributed by atoms with Crippen LogP contribution in [0, 0.1) is 0 Å². The van der Waals surface area contributed by atoms with Crippen LogP contribution in [0.2, 0.25) is 0 Å². The first kappa shape index (κ1) is 19.2. The van der Waals surface area contributed by atoms with Crippen molar-refractivity contribution in [3.63, 3.8) is 0 Å². The summed E-state index contributed by atoms with van der Waals surface area (Å²) in [6.45, 7) is 4.55. The van der Waals surface area contributed by atoms with E-state index in [4.69, 9.17) is 0 Å². The minimum atomic E-state index is -0.459. The first-order valence-electron chi connectivity index (χ1n) is 10.5. The minimum Gasteiger partial charge on any atom is -0.391 e. The molecule has 4 rings (SSSR count). The highest BCUT2D eigenvalue weighted by atomic mass is 16.3. The standard InChI is InChI=1S/C22H30N4O2/c27-21-9-14-25(13-8-20(21)26-15-10-23-17-26)22(28)19-6-4-18(5-7-19)16-24-11-2-1-3-12-24/h4-7,10,15,17,20-21,27H,1-3,8-9,11-14,16H2/t20-,21-/m0/s1. The van der Waals surface area contributed by atoms with Gasteiger partial charge < -0.3 is 14.6 Å². The molecule has 0 unspecified atom stereocenters. The third-order valence-corrected chi connectivity index (χ3v) is 6.08. The SMILES string of the molecule is O=C(c1ccc(CN2CCCCC2)cc1)N1CC[C@H](O)[C@@H](n2ccnc2)CC1. The molecule has 0 saturated carbocycles. The Morgan fingerprint density at radius 2 is 1.79 bits per heavy atom. The Morgan fingerprint density at radius 3 is 2.50 bits per heavy atom. The van der Waals surface area contributed by atoms with Gasteiger partial charge in [0.2, 0.25) is 0 Å². The molecule has 0 aliphatic carbocycles. The number of aliphatic hydroxyl groups is 1. The fourth-order valence-corrected chi connectivity index (χ4v) is 4.40. The van der Waals surface area contributed by atoms with Crippen molar-refractivity contribution in [1.29, 1.82) is 0 Å². The second kappa shape index (κ2) is 8.88. The van der Waals surface area contributed by atoms with Crippen molar-refractivity contribution in [2.75, 3.05) is 26.2 Å². The van der Waals surface area contributed by atoms with Crippen LogP contribution in [0.1, 0.15) is 54.1 Å². The summed E-state index contributed by atoms with van der Waals surface area (Å²) in [6, 6.07) is 8.06. The number of piperidine rings is 1. The maximum absolute atomic E-state index is 13.0. The van der Waals surface area contributed by atoms with Crippen LogP contribution in [0.25, 0.3) is 0 Å². The third kappa shape index (κ3) is 4.45. The van der Waals surface area contributed by atoms with E-state index in [1.807, 2.05) is 27.8 Å². The van der Waals surface area contributed by atoms with Gasteiger partial charge in [0.15, 0.2) is 0 Å². The average molecular weight is 383 g/mol. The molecule has 2 aromatic rings. The number of imidazole rings is 1. The van der Waals surface area contributed by atoms with E-state index in [0.717, 1.165) is 18.5 Å². The molecule has 2 aliphatic heterocycles. The Kier molecular flexibility index (Phi) is 6.07. The molecular formula is C22H30N4O2. The van der Waals surface area contributed by atoms with Crippen LogP contribution in [0.4, 0.5) is 0 Å². The number of hydrogen-bond acceptors (Lipinski definition) is 4. The van der Waals surface area contributed by atoms with Crippen LogP contribution in [0.3, 0.4) is 0 Å². The topological polar surface area (TPSA) is 61.6 Å². The largest absolute Gasteiger partial charge is 0.391 e. The number of aromatic nitrogens is 2. The van der Waals surface area contributed by atoms with E-state index in [1.54, 1.807) is 12.5 Å². The first-order valence-corrected chi connectivity index (χ1v) is 10.5. The predicted molar refractivity (Wildman–Crippen MR) is 108 cm³/mol.